The molecule has 3 rings (SSSR count). The van der Waals surface area contributed by atoms with Crippen molar-refractivity contribution in [3.63, 3.8) is 0 Å². The van der Waals surface area contributed by atoms with Crippen molar-refractivity contribution in [2.24, 2.45) is 0 Å². The van der Waals surface area contributed by atoms with Gasteiger partial charge in [-0.15, -0.1) is 0 Å². The maximum Gasteiger partial charge on any atom is 0.270 e. The predicted octanol–water partition coefficient (Wildman–Crippen LogP) is 3.87. The van der Waals surface area contributed by atoms with Gasteiger partial charge >= 0.3 is 0 Å². The number of fused-ring (bicyclic) bond motifs is 1. The number of ether oxygens (including phenoxy) is 1. The van der Waals surface area contributed by atoms with Crippen LogP contribution in [0.15, 0.2) is 42.5 Å². The van der Waals surface area contributed by atoms with Crippen molar-refractivity contribution < 1.29 is 9.66 Å². The molecule has 23 heavy (non-hydrogen) atoms. The molecule has 0 aliphatic carbocycles. The first-order chi connectivity index (χ1) is 11.2. The zero-order valence-corrected chi connectivity index (χ0v) is 13.3. The fourth-order valence-corrected chi connectivity index (χ4v) is 3.13. The van der Waals surface area contributed by atoms with Crippen molar-refractivity contribution in [2.45, 2.75) is 6.42 Å². The number of rotatable bonds is 6. The van der Waals surface area contributed by atoms with Gasteiger partial charge in [-0.25, -0.2) is 4.98 Å². The van der Waals surface area contributed by atoms with E-state index >= 15 is 0 Å². The highest BCUT2D eigenvalue weighted by molar-refractivity contribution is 7.22. The topological polar surface area (TPSA) is 77.3 Å². The average Bonchev–Trinajstić information content (AvgIpc) is 2.97. The van der Waals surface area contributed by atoms with Gasteiger partial charge in [-0.3, -0.25) is 10.1 Å². The van der Waals surface area contributed by atoms with Crippen LogP contribution < -0.4 is 10.1 Å². The fourth-order valence-electron chi connectivity index (χ4n) is 2.21. The van der Waals surface area contributed by atoms with E-state index < -0.39 is 4.92 Å². The number of aromatic nitrogens is 1. The Bertz CT molecular complexity index is 830. The molecule has 0 spiro atoms. The fraction of sp³-hybridized carbons (Fsp3) is 0.188. The van der Waals surface area contributed by atoms with Crippen LogP contribution in [0, 0.1) is 10.1 Å². The van der Waals surface area contributed by atoms with Gasteiger partial charge in [0.25, 0.3) is 5.69 Å². The number of nitrogens with zero attached hydrogens (tertiary/aromatic N) is 2. The van der Waals surface area contributed by atoms with Crippen LogP contribution in [0.3, 0.4) is 0 Å². The summed E-state index contributed by atoms with van der Waals surface area (Å²) in [6.07, 6.45) is 0.861. The number of non-ortho nitro benzene ring substituents is 1. The van der Waals surface area contributed by atoms with Gasteiger partial charge in [-0.2, -0.15) is 0 Å². The van der Waals surface area contributed by atoms with Gasteiger partial charge in [0.1, 0.15) is 5.75 Å². The first-order valence-corrected chi connectivity index (χ1v) is 7.89. The van der Waals surface area contributed by atoms with E-state index in [1.165, 1.54) is 23.0 Å². The van der Waals surface area contributed by atoms with E-state index in [0.717, 1.165) is 34.1 Å². The zero-order chi connectivity index (χ0) is 16.2. The SMILES string of the molecule is COc1ccc(CCNc2nc3ccc([N+](=O)[O-])cc3s2)cc1. The van der Waals surface area contributed by atoms with Crippen molar-refractivity contribution in [3.8, 4) is 5.75 Å². The number of anilines is 1. The Balaban J connectivity index is 1.63. The van der Waals surface area contributed by atoms with Gasteiger partial charge < -0.3 is 10.1 Å². The Hall–Kier alpha value is -2.67. The number of nitro groups is 1. The number of methoxy groups -OCH3 is 1. The Morgan fingerprint density at radius 1 is 1.26 bits per heavy atom. The summed E-state index contributed by atoms with van der Waals surface area (Å²) in [6, 6.07) is 12.6. The molecule has 7 heteroatoms. The molecule has 0 aliphatic rings. The highest BCUT2D eigenvalue weighted by Gasteiger charge is 2.10. The van der Waals surface area contributed by atoms with Gasteiger partial charge in [0.05, 0.1) is 22.2 Å². The standard InChI is InChI=1S/C16H15N3O3S/c1-22-13-5-2-11(3-6-13)8-9-17-16-18-14-7-4-12(19(20)21)10-15(14)23-16/h2-7,10H,8-9H2,1H3,(H,17,18). The maximum absolute atomic E-state index is 10.8. The second kappa shape index (κ2) is 6.62. The molecule has 3 aromatic rings. The molecular weight excluding hydrogens is 314 g/mol. The Kier molecular flexibility index (Phi) is 4.38. The predicted molar refractivity (Wildman–Crippen MR) is 91.5 cm³/mol. The second-order valence-electron chi connectivity index (χ2n) is 4.95. The van der Waals surface area contributed by atoms with Gasteiger partial charge in [-0.1, -0.05) is 23.5 Å². The van der Waals surface area contributed by atoms with Crippen molar-refractivity contribution in [3.05, 3.63) is 58.1 Å². The van der Waals surface area contributed by atoms with Gasteiger partial charge in [0.15, 0.2) is 5.13 Å². The first-order valence-electron chi connectivity index (χ1n) is 7.07. The highest BCUT2D eigenvalue weighted by Crippen LogP contribution is 2.29. The lowest BCUT2D eigenvalue weighted by atomic mass is 10.1. The summed E-state index contributed by atoms with van der Waals surface area (Å²) >= 11 is 1.42. The Morgan fingerprint density at radius 2 is 2.04 bits per heavy atom. The van der Waals surface area contributed by atoms with Gasteiger partial charge in [0.2, 0.25) is 0 Å². The highest BCUT2D eigenvalue weighted by atomic mass is 32.1. The second-order valence-corrected chi connectivity index (χ2v) is 5.98. The summed E-state index contributed by atoms with van der Waals surface area (Å²) < 4.78 is 5.94. The minimum atomic E-state index is -0.393. The van der Waals surface area contributed by atoms with Crippen LogP contribution in [-0.4, -0.2) is 23.6 Å². The summed E-state index contributed by atoms with van der Waals surface area (Å²) in [4.78, 5) is 14.8. The van der Waals surface area contributed by atoms with Gasteiger partial charge in [-0.05, 0) is 30.2 Å². The third-order valence-corrected chi connectivity index (χ3v) is 4.41. The van der Waals surface area contributed by atoms with Crippen molar-refractivity contribution >= 4 is 32.4 Å². The van der Waals surface area contributed by atoms with Crippen LogP contribution >= 0.6 is 11.3 Å². The number of hydrogen-bond acceptors (Lipinski definition) is 6. The summed E-state index contributed by atoms with van der Waals surface area (Å²) in [5.74, 6) is 0.842. The molecule has 118 valence electrons. The molecule has 0 saturated carbocycles. The summed E-state index contributed by atoms with van der Waals surface area (Å²) in [7, 11) is 1.65. The summed E-state index contributed by atoms with van der Waals surface area (Å²) in [6.45, 7) is 0.744. The molecule has 0 unspecified atom stereocenters. The smallest absolute Gasteiger partial charge is 0.270 e. The van der Waals surface area contributed by atoms with Crippen LogP contribution in [0.5, 0.6) is 5.75 Å². The normalized spacial score (nSPS) is 10.7. The number of benzene rings is 2. The van der Waals surface area contributed by atoms with E-state index in [4.69, 9.17) is 4.74 Å². The molecule has 0 aliphatic heterocycles. The Labute approximate surface area is 136 Å². The molecule has 0 saturated heterocycles. The van der Waals surface area contributed by atoms with Crippen LogP contribution in [0.4, 0.5) is 10.8 Å². The zero-order valence-electron chi connectivity index (χ0n) is 12.5. The van der Waals surface area contributed by atoms with E-state index in [1.807, 2.05) is 24.3 Å². The van der Waals surface area contributed by atoms with Crippen molar-refractivity contribution in [1.82, 2.24) is 4.98 Å². The third kappa shape index (κ3) is 3.57. The molecule has 6 nitrogen and oxygen atoms in total. The molecule has 1 N–H and O–H groups in total. The van der Waals surface area contributed by atoms with Crippen molar-refractivity contribution in [2.75, 3.05) is 19.0 Å². The van der Waals surface area contributed by atoms with Crippen molar-refractivity contribution in [1.29, 1.82) is 0 Å². The molecule has 2 aromatic carbocycles. The van der Waals surface area contributed by atoms with E-state index in [9.17, 15) is 10.1 Å². The molecule has 0 bridgehead atoms. The minimum Gasteiger partial charge on any atom is -0.497 e. The van der Waals surface area contributed by atoms with E-state index in [2.05, 4.69) is 10.3 Å². The minimum absolute atomic E-state index is 0.0888. The number of nitrogens with one attached hydrogen (secondary N) is 1. The average molecular weight is 329 g/mol. The lowest BCUT2D eigenvalue weighted by Crippen LogP contribution is -2.04. The number of hydrogen-bond donors (Lipinski definition) is 1. The molecule has 0 atom stereocenters. The van der Waals surface area contributed by atoms with Crippen LogP contribution in [-0.2, 0) is 6.42 Å². The van der Waals surface area contributed by atoms with E-state index in [1.54, 1.807) is 19.2 Å². The number of nitro benzene ring substituents is 1. The van der Waals surface area contributed by atoms with Crippen LogP contribution in [0.25, 0.3) is 10.2 Å². The summed E-state index contributed by atoms with van der Waals surface area (Å²) in [5, 5.41) is 14.8. The molecule has 0 radical (unpaired) electrons. The molecule has 0 amide bonds. The maximum atomic E-state index is 10.8. The molecule has 1 aromatic heterocycles. The lowest BCUT2D eigenvalue weighted by molar-refractivity contribution is -0.384. The molecular formula is C16H15N3O3S. The Morgan fingerprint density at radius 3 is 2.74 bits per heavy atom. The quantitative estimate of drug-likeness (QED) is 0.549. The summed E-state index contributed by atoms with van der Waals surface area (Å²) in [5.41, 5.74) is 2.06. The molecule has 1 heterocycles. The first kappa shape index (κ1) is 15.2. The van der Waals surface area contributed by atoms with E-state index in [0.29, 0.717) is 0 Å². The van der Waals surface area contributed by atoms with E-state index in [-0.39, 0.29) is 5.69 Å². The molecule has 0 fully saturated rings. The largest absolute Gasteiger partial charge is 0.497 e. The van der Waals surface area contributed by atoms with Crippen LogP contribution in [0.2, 0.25) is 0 Å². The lowest BCUT2D eigenvalue weighted by Gasteiger charge is -2.04. The number of thiazole rings is 1. The van der Waals surface area contributed by atoms with Gasteiger partial charge in [0, 0.05) is 18.7 Å². The van der Waals surface area contributed by atoms with Crippen LogP contribution in [0.1, 0.15) is 5.56 Å². The monoisotopic (exact) mass is 329 g/mol. The third-order valence-electron chi connectivity index (χ3n) is 3.43.